The minimum Gasteiger partial charge on any atom is -0.381 e. The molecule has 0 fully saturated rings. The number of guanidine groups is 1. The quantitative estimate of drug-likeness (QED) is 0.202. The van der Waals surface area contributed by atoms with Gasteiger partial charge in [-0.1, -0.05) is 30.1 Å². The molecular weight excluding hydrogens is 493 g/mol. The molecular formula is C19H29ClIN5O2. The highest BCUT2D eigenvalue weighted by Gasteiger charge is 2.08. The van der Waals surface area contributed by atoms with Crippen LogP contribution in [0.1, 0.15) is 32.1 Å². The van der Waals surface area contributed by atoms with E-state index in [-0.39, 0.29) is 24.0 Å². The van der Waals surface area contributed by atoms with Crippen molar-refractivity contribution in [3.63, 3.8) is 0 Å². The van der Waals surface area contributed by atoms with Gasteiger partial charge in [-0.15, -0.1) is 24.0 Å². The van der Waals surface area contributed by atoms with Crippen molar-refractivity contribution in [3.05, 3.63) is 35.2 Å². The summed E-state index contributed by atoms with van der Waals surface area (Å²) >= 11 is 5.89. The summed E-state index contributed by atoms with van der Waals surface area (Å²) in [5.41, 5.74) is 0.876. The summed E-state index contributed by atoms with van der Waals surface area (Å²) in [6.07, 6.45) is 3.84. The van der Waals surface area contributed by atoms with Crippen LogP contribution in [0.2, 0.25) is 5.02 Å². The molecule has 0 spiro atoms. The van der Waals surface area contributed by atoms with Crippen molar-refractivity contribution in [3.8, 4) is 11.4 Å². The van der Waals surface area contributed by atoms with Gasteiger partial charge in [-0.05, 0) is 37.1 Å². The number of hydrogen-bond donors (Lipinski definition) is 2. The molecule has 0 radical (unpaired) electrons. The zero-order valence-electron chi connectivity index (χ0n) is 16.4. The molecule has 0 aliphatic rings. The summed E-state index contributed by atoms with van der Waals surface area (Å²) in [7, 11) is 1.75. The SMILES string of the molecule is CCCCOCCCNC(=NC)NCCc1nc(-c2ccc(Cl)cc2)no1.I. The summed E-state index contributed by atoms with van der Waals surface area (Å²) in [5.74, 6) is 1.89. The van der Waals surface area contributed by atoms with E-state index in [0.29, 0.717) is 29.7 Å². The Hall–Kier alpha value is -1.39. The molecule has 156 valence electrons. The van der Waals surface area contributed by atoms with Gasteiger partial charge in [0.25, 0.3) is 0 Å². The van der Waals surface area contributed by atoms with Crippen LogP contribution in [-0.4, -0.2) is 49.5 Å². The van der Waals surface area contributed by atoms with Gasteiger partial charge in [0, 0.05) is 50.4 Å². The van der Waals surface area contributed by atoms with Gasteiger partial charge in [0.15, 0.2) is 5.96 Å². The van der Waals surface area contributed by atoms with Crippen molar-refractivity contribution in [2.24, 2.45) is 4.99 Å². The number of halogens is 2. The van der Waals surface area contributed by atoms with E-state index in [1.165, 1.54) is 0 Å². The molecule has 1 aromatic carbocycles. The van der Waals surface area contributed by atoms with Crippen molar-refractivity contribution in [1.82, 2.24) is 20.8 Å². The van der Waals surface area contributed by atoms with Gasteiger partial charge in [0.1, 0.15) is 0 Å². The Morgan fingerprint density at radius 1 is 1.14 bits per heavy atom. The largest absolute Gasteiger partial charge is 0.381 e. The second-order valence-corrected chi connectivity index (χ2v) is 6.45. The van der Waals surface area contributed by atoms with E-state index < -0.39 is 0 Å². The van der Waals surface area contributed by atoms with Crippen LogP contribution in [0.4, 0.5) is 0 Å². The first-order chi connectivity index (χ1) is 13.2. The number of aliphatic imine (C=N–C) groups is 1. The third-order valence-corrected chi connectivity index (χ3v) is 4.08. The van der Waals surface area contributed by atoms with E-state index in [4.69, 9.17) is 20.9 Å². The predicted octanol–water partition coefficient (Wildman–Crippen LogP) is 3.92. The van der Waals surface area contributed by atoms with Crippen molar-refractivity contribution >= 4 is 41.5 Å². The lowest BCUT2D eigenvalue weighted by molar-refractivity contribution is 0.129. The molecule has 2 aromatic rings. The van der Waals surface area contributed by atoms with Crippen molar-refractivity contribution in [2.45, 2.75) is 32.6 Å². The molecule has 0 atom stereocenters. The number of aromatic nitrogens is 2. The van der Waals surface area contributed by atoms with Crippen molar-refractivity contribution in [2.75, 3.05) is 33.4 Å². The smallest absolute Gasteiger partial charge is 0.228 e. The molecule has 1 heterocycles. The van der Waals surface area contributed by atoms with Gasteiger partial charge in [-0.25, -0.2) is 0 Å². The Bertz CT molecular complexity index is 694. The summed E-state index contributed by atoms with van der Waals surface area (Å²) in [5, 5.41) is 11.2. The maximum atomic E-state index is 5.89. The average molecular weight is 522 g/mol. The fraction of sp³-hybridized carbons (Fsp3) is 0.526. The number of nitrogens with one attached hydrogen (secondary N) is 2. The minimum absolute atomic E-state index is 0. The number of ether oxygens (including phenoxy) is 1. The van der Waals surface area contributed by atoms with Gasteiger partial charge in [0.2, 0.25) is 11.7 Å². The topological polar surface area (TPSA) is 84.6 Å². The van der Waals surface area contributed by atoms with E-state index >= 15 is 0 Å². The summed E-state index contributed by atoms with van der Waals surface area (Å²) in [6.45, 7) is 5.22. The second-order valence-electron chi connectivity index (χ2n) is 6.01. The van der Waals surface area contributed by atoms with Crippen LogP contribution in [0.5, 0.6) is 0 Å². The number of hydrogen-bond acceptors (Lipinski definition) is 5. The molecule has 7 nitrogen and oxygen atoms in total. The van der Waals surface area contributed by atoms with Gasteiger partial charge < -0.3 is 19.9 Å². The van der Waals surface area contributed by atoms with E-state index in [9.17, 15) is 0 Å². The molecule has 2 rings (SSSR count). The predicted molar refractivity (Wildman–Crippen MR) is 124 cm³/mol. The molecule has 9 heteroatoms. The van der Waals surface area contributed by atoms with Crippen LogP contribution in [0.3, 0.4) is 0 Å². The van der Waals surface area contributed by atoms with E-state index in [1.54, 1.807) is 19.2 Å². The van der Waals surface area contributed by atoms with Crippen LogP contribution in [0, 0.1) is 0 Å². The fourth-order valence-electron chi connectivity index (χ4n) is 2.31. The van der Waals surface area contributed by atoms with Gasteiger partial charge in [-0.2, -0.15) is 4.98 Å². The first kappa shape index (κ1) is 24.6. The van der Waals surface area contributed by atoms with Crippen LogP contribution in [0.25, 0.3) is 11.4 Å². The average Bonchev–Trinajstić information content (AvgIpc) is 3.15. The first-order valence-corrected chi connectivity index (χ1v) is 9.71. The number of rotatable bonds is 11. The number of unbranched alkanes of at least 4 members (excludes halogenated alkanes) is 1. The van der Waals surface area contributed by atoms with E-state index in [1.807, 2.05) is 12.1 Å². The van der Waals surface area contributed by atoms with Crippen molar-refractivity contribution < 1.29 is 9.26 Å². The Kier molecular flexibility index (Phi) is 12.8. The molecule has 0 amide bonds. The van der Waals surface area contributed by atoms with Gasteiger partial charge >= 0.3 is 0 Å². The van der Waals surface area contributed by atoms with Crippen molar-refractivity contribution in [1.29, 1.82) is 0 Å². The molecule has 0 aliphatic heterocycles. The maximum Gasteiger partial charge on any atom is 0.228 e. The monoisotopic (exact) mass is 521 g/mol. The molecule has 0 aliphatic carbocycles. The highest BCUT2D eigenvalue weighted by molar-refractivity contribution is 14.0. The van der Waals surface area contributed by atoms with Crippen LogP contribution < -0.4 is 10.6 Å². The van der Waals surface area contributed by atoms with E-state index in [0.717, 1.165) is 50.5 Å². The molecule has 1 aromatic heterocycles. The highest BCUT2D eigenvalue weighted by Crippen LogP contribution is 2.18. The lowest BCUT2D eigenvalue weighted by Gasteiger charge is -2.11. The van der Waals surface area contributed by atoms with E-state index in [2.05, 4.69) is 32.7 Å². The third kappa shape index (κ3) is 9.20. The Labute approximate surface area is 188 Å². The molecule has 0 saturated carbocycles. The van der Waals surface area contributed by atoms with Crippen LogP contribution in [0.15, 0.2) is 33.8 Å². The second kappa shape index (κ2) is 14.6. The molecule has 2 N–H and O–H groups in total. The number of nitrogens with zero attached hydrogens (tertiary/aromatic N) is 3. The van der Waals surface area contributed by atoms with Gasteiger partial charge in [-0.3, -0.25) is 4.99 Å². The standard InChI is InChI=1S/C19H28ClN5O2.HI/c1-3-4-13-26-14-5-11-22-19(21-2)23-12-10-17-24-18(25-27-17)15-6-8-16(20)9-7-15;/h6-9H,3-5,10-14H2,1-2H3,(H2,21,22,23);1H. The molecule has 0 unspecified atom stereocenters. The molecule has 28 heavy (non-hydrogen) atoms. The molecule has 0 bridgehead atoms. The minimum atomic E-state index is 0. The molecule has 0 saturated heterocycles. The zero-order chi connectivity index (χ0) is 19.3. The van der Waals surface area contributed by atoms with Crippen LogP contribution in [-0.2, 0) is 11.2 Å². The lowest BCUT2D eigenvalue weighted by Crippen LogP contribution is -2.39. The highest BCUT2D eigenvalue weighted by atomic mass is 127. The Morgan fingerprint density at radius 2 is 1.86 bits per heavy atom. The number of benzene rings is 1. The fourth-order valence-corrected chi connectivity index (χ4v) is 2.44. The van der Waals surface area contributed by atoms with Crippen LogP contribution >= 0.6 is 35.6 Å². The Balaban J connectivity index is 0.00000392. The van der Waals surface area contributed by atoms with Gasteiger partial charge in [0.05, 0.1) is 0 Å². The normalized spacial score (nSPS) is 11.2. The zero-order valence-corrected chi connectivity index (χ0v) is 19.5. The summed E-state index contributed by atoms with van der Waals surface area (Å²) < 4.78 is 10.8. The first-order valence-electron chi connectivity index (χ1n) is 9.33. The lowest BCUT2D eigenvalue weighted by atomic mass is 10.2. The summed E-state index contributed by atoms with van der Waals surface area (Å²) in [4.78, 5) is 8.61. The Morgan fingerprint density at radius 3 is 2.57 bits per heavy atom. The third-order valence-electron chi connectivity index (χ3n) is 3.83. The summed E-state index contributed by atoms with van der Waals surface area (Å²) in [6, 6.07) is 7.35. The maximum absolute atomic E-state index is 5.89.